The topological polar surface area (TPSA) is 74.6 Å². The second kappa shape index (κ2) is 6.17. The molecule has 5 aromatic rings. The first kappa shape index (κ1) is 16.9. The summed E-state index contributed by atoms with van der Waals surface area (Å²) in [6.07, 6.45) is 4.13. The second-order valence-electron chi connectivity index (χ2n) is 6.85. The zero-order chi connectivity index (χ0) is 19.4. The van der Waals surface area contributed by atoms with Gasteiger partial charge in [-0.15, -0.1) is 10.2 Å². The Bertz CT molecular complexity index is 1360. The van der Waals surface area contributed by atoms with Gasteiger partial charge < -0.3 is 14.9 Å². The molecule has 0 spiro atoms. The maximum atomic E-state index is 5.93. The van der Waals surface area contributed by atoms with Crippen molar-refractivity contribution in [1.82, 2.24) is 24.3 Å². The predicted molar refractivity (Wildman–Crippen MR) is 116 cm³/mol. The number of nitrogen functional groups attached to an aromatic ring is 1. The molecule has 0 amide bonds. The van der Waals surface area contributed by atoms with E-state index in [1.54, 1.807) is 0 Å². The summed E-state index contributed by atoms with van der Waals surface area (Å²) in [5.74, 6) is 0.160. The number of hydrogen-bond acceptors (Lipinski definition) is 4. The average Bonchev–Trinajstić information content (AvgIpc) is 3.19. The molecule has 0 fully saturated rings. The van der Waals surface area contributed by atoms with E-state index in [2.05, 4.69) is 76.9 Å². The number of nitrogens with zero attached hydrogens (tertiary/aromatic N) is 5. The Hall–Kier alpha value is -3.19. The lowest BCUT2D eigenvalue weighted by Gasteiger charge is -2.07. The van der Waals surface area contributed by atoms with Crippen LogP contribution in [0.15, 0.2) is 59.3 Å². The van der Waals surface area contributed by atoms with E-state index in [4.69, 9.17) is 5.73 Å². The van der Waals surface area contributed by atoms with E-state index in [0.717, 1.165) is 43.1 Å². The van der Waals surface area contributed by atoms with Crippen LogP contribution in [0.25, 0.3) is 44.3 Å². The van der Waals surface area contributed by atoms with E-state index in [1.165, 1.54) is 0 Å². The highest BCUT2D eigenvalue weighted by molar-refractivity contribution is 9.10. The first-order valence-electron chi connectivity index (χ1n) is 8.82. The molecule has 5 rings (SSSR count). The van der Waals surface area contributed by atoms with Gasteiger partial charge in [0.25, 0.3) is 0 Å². The number of nitrogens with two attached hydrogens (primary N) is 1. The van der Waals surface area contributed by atoms with Gasteiger partial charge in [0.1, 0.15) is 11.4 Å². The van der Waals surface area contributed by atoms with E-state index in [1.807, 2.05) is 32.3 Å². The van der Waals surface area contributed by atoms with Crippen LogP contribution in [0.5, 0.6) is 0 Å². The smallest absolute Gasteiger partial charge is 0.240 e. The third-order valence-electron chi connectivity index (χ3n) is 5.06. The van der Waals surface area contributed by atoms with Gasteiger partial charge in [-0.2, -0.15) is 0 Å². The number of anilines is 1. The summed E-state index contributed by atoms with van der Waals surface area (Å²) in [4.78, 5) is 4.59. The molecule has 3 heterocycles. The minimum Gasteiger partial charge on any atom is -0.366 e. The summed E-state index contributed by atoms with van der Waals surface area (Å²) >= 11 is 3.58. The van der Waals surface area contributed by atoms with Crippen LogP contribution in [-0.2, 0) is 14.1 Å². The van der Waals surface area contributed by atoms with Crippen molar-refractivity contribution < 1.29 is 0 Å². The van der Waals surface area contributed by atoms with Gasteiger partial charge in [0.15, 0.2) is 0 Å². The van der Waals surface area contributed by atoms with Crippen molar-refractivity contribution in [2.75, 3.05) is 5.73 Å². The van der Waals surface area contributed by atoms with Crippen LogP contribution >= 0.6 is 15.9 Å². The molecule has 2 N–H and O–H groups in total. The average molecular weight is 433 g/mol. The first-order chi connectivity index (χ1) is 13.5. The van der Waals surface area contributed by atoms with Crippen molar-refractivity contribution in [3.63, 3.8) is 0 Å². The van der Waals surface area contributed by atoms with Gasteiger partial charge in [-0.25, -0.2) is 4.98 Å². The lowest BCUT2D eigenvalue weighted by atomic mass is 10.0. The summed E-state index contributed by atoms with van der Waals surface area (Å²) in [7, 11) is 4.05. The van der Waals surface area contributed by atoms with Crippen LogP contribution in [0.2, 0.25) is 0 Å². The van der Waals surface area contributed by atoms with Gasteiger partial charge in [0.05, 0.1) is 0 Å². The molecule has 0 aliphatic carbocycles. The zero-order valence-electron chi connectivity index (χ0n) is 15.4. The first-order valence-corrected chi connectivity index (χ1v) is 9.62. The fraction of sp³-hybridized carbons (Fsp3) is 0.0952. The van der Waals surface area contributed by atoms with E-state index < -0.39 is 0 Å². The molecule has 0 aliphatic rings. The molecule has 0 saturated heterocycles. The summed E-state index contributed by atoms with van der Waals surface area (Å²) in [5.41, 5.74) is 11.6. The highest BCUT2D eigenvalue weighted by atomic mass is 79.9. The molecule has 0 radical (unpaired) electrons. The summed E-state index contributed by atoms with van der Waals surface area (Å²) in [6, 6.07) is 14.4. The number of para-hydroxylation sites is 1. The Kier molecular flexibility index (Phi) is 3.73. The van der Waals surface area contributed by atoms with Crippen LogP contribution in [0.4, 0.5) is 5.95 Å². The van der Waals surface area contributed by atoms with Gasteiger partial charge in [0.2, 0.25) is 5.95 Å². The molecule has 0 bridgehead atoms. The Labute approximate surface area is 169 Å². The van der Waals surface area contributed by atoms with Gasteiger partial charge in [-0.05, 0) is 24.3 Å². The molecular weight excluding hydrogens is 416 g/mol. The summed E-state index contributed by atoms with van der Waals surface area (Å²) < 4.78 is 5.18. The van der Waals surface area contributed by atoms with Crippen molar-refractivity contribution in [2.24, 2.45) is 14.1 Å². The Balaban J connectivity index is 1.85. The number of aryl methyl sites for hydroxylation is 2. The Morgan fingerprint density at radius 2 is 1.50 bits per heavy atom. The van der Waals surface area contributed by atoms with Crippen LogP contribution in [0, 0.1) is 0 Å². The number of benzene rings is 2. The van der Waals surface area contributed by atoms with Crippen molar-refractivity contribution in [1.29, 1.82) is 0 Å². The highest BCUT2D eigenvalue weighted by Gasteiger charge is 2.20. The minimum absolute atomic E-state index is 0.160. The van der Waals surface area contributed by atoms with Crippen molar-refractivity contribution >= 4 is 43.7 Å². The van der Waals surface area contributed by atoms with Gasteiger partial charge in [-0.1, -0.05) is 34.1 Å². The third kappa shape index (κ3) is 2.51. The number of rotatable bonds is 2. The van der Waals surface area contributed by atoms with Crippen molar-refractivity contribution in [3.8, 4) is 22.5 Å². The van der Waals surface area contributed by atoms with Gasteiger partial charge in [-0.3, -0.25) is 0 Å². The fourth-order valence-electron chi connectivity index (χ4n) is 3.79. The van der Waals surface area contributed by atoms with E-state index in [0.29, 0.717) is 5.69 Å². The summed E-state index contributed by atoms with van der Waals surface area (Å²) in [5, 5.41) is 10.7. The molecule has 0 saturated carbocycles. The Morgan fingerprint density at radius 3 is 2.29 bits per heavy atom. The monoisotopic (exact) mass is 432 g/mol. The molecular formula is C21H17BrN6. The lowest BCUT2D eigenvalue weighted by molar-refractivity contribution is 0.959. The fourth-order valence-corrected chi connectivity index (χ4v) is 4.15. The number of aromatic nitrogens is 5. The van der Waals surface area contributed by atoms with E-state index in [-0.39, 0.29) is 5.95 Å². The van der Waals surface area contributed by atoms with Gasteiger partial charge in [0, 0.05) is 63.9 Å². The SMILES string of the molecule is Cn1cc(-c2nnc(N)nc2-c2cn(C)c3ccccc23)c2cc(Br)ccc21. The summed E-state index contributed by atoms with van der Waals surface area (Å²) in [6.45, 7) is 0. The highest BCUT2D eigenvalue weighted by Crippen LogP contribution is 2.38. The van der Waals surface area contributed by atoms with Crippen LogP contribution < -0.4 is 5.73 Å². The molecule has 6 nitrogen and oxygen atoms in total. The molecule has 28 heavy (non-hydrogen) atoms. The quantitative estimate of drug-likeness (QED) is 0.444. The molecule has 2 aromatic carbocycles. The van der Waals surface area contributed by atoms with Crippen LogP contribution in [0.3, 0.4) is 0 Å². The standard InChI is InChI=1S/C21H17BrN6/c1-27-10-15(13-5-3-4-6-17(13)27)19-20(25-26-21(23)24-19)16-11-28(2)18-8-7-12(22)9-14(16)18/h3-11H,1-2H3,(H2,23,24,26). The third-order valence-corrected chi connectivity index (χ3v) is 5.56. The van der Waals surface area contributed by atoms with Crippen molar-refractivity contribution in [2.45, 2.75) is 0 Å². The molecule has 138 valence electrons. The molecule has 3 aromatic heterocycles. The second-order valence-corrected chi connectivity index (χ2v) is 7.77. The predicted octanol–water partition coefficient (Wildman–Crippen LogP) is 4.53. The van der Waals surface area contributed by atoms with E-state index >= 15 is 0 Å². The number of halogens is 1. The normalized spacial score (nSPS) is 11.5. The maximum Gasteiger partial charge on any atom is 0.240 e. The van der Waals surface area contributed by atoms with Crippen LogP contribution in [-0.4, -0.2) is 24.3 Å². The Morgan fingerprint density at radius 1 is 0.821 bits per heavy atom. The number of fused-ring (bicyclic) bond motifs is 2. The van der Waals surface area contributed by atoms with Crippen LogP contribution in [0.1, 0.15) is 0 Å². The molecule has 0 aliphatic heterocycles. The zero-order valence-corrected chi connectivity index (χ0v) is 17.0. The minimum atomic E-state index is 0.160. The molecule has 0 unspecified atom stereocenters. The van der Waals surface area contributed by atoms with Crippen molar-refractivity contribution in [3.05, 3.63) is 59.3 Å². The number of hydrogen-bond donors (Lipinski definition) is 1. The largest absolute Gasteiger partial charge is 0.366 e. The molecule has 7 heteroatoms. The lowest BCUT2D eigenvalue weighted by Crippen LogP contribution is -2.02. The maximum absolute atomic E-state index is 5.93. The van der Waals surface area contributed by atoms with Gasteiger partial charge >= 0.3 is 0 Å². The molecule has 0 atom stereocenters. The van der Waals surface area contributed by atoms with E-state index in [9.17, 15) is 0 Å².